The second kappa shape index (κ2) is 12.4. The molecule has 2 aromatic carbocycles. The zero-order valence-electron chi connectivity index (χ0n) is 21.8. The van der Waals surface area contributed by atoms with Gasteiger partial charge in [0.25, 0.3) is 0 Å². The molecule has 1 fully saturated rings. The number of carbonyl (C=O) groups excluding carboxylic acids is 1. The van der Waals surface area contributed by atoms with Gasteiger partial charge in [0.2, 0.25) is 15.9 Å². The predicted octanol–water partition coefficient (Wildman–Crippen LogP) is 2.95. The molecular weight excluding hydrogens is 510 g/mol. The number of hydrogen-bond acceptors (Lipinski definition) is 9. The first-order valence-corrected chi connectivity index (χ1v) is 13.9. The number of likely N-dealkylation sites (tertiary alicyclic amines) is 1. The van der Waals surface area contributed by atoms with Gasteiger partial charge in [-0.15, -0.1) is 0 Å². The number of rotatable bonds is 11. The quantitative estimate of drug-likeness (QED) is 0.375. The highest BCUT2D eigenvalue weighted by molar-refractivity contribution is 7.93. The lowest BCUT2D eigenvalue weighted by atomic mass is 10.1. The zero-order valence-corrected chi connectivity index (χ0v) is 22.6. The molecule has 1 amide bonds. The minimum absolute atomic E-state index is 0.0198. The number of amides is 1. The van der Waals surface area contributed by atoms with E-state index < -0.39 is 15.3 Å². The summed E-state index contributed by atoms with van der Waals surface area (Å²) in [5, 5.41) is 2.60. The fourth-order valence-corrected chi connectivity index (χ4v) is 5.77. The van der Waals surface area contributed by atoms with E-state index in [-0.39, 0.29) is 24.1 Å². The van der Waals surface area contributed by atoms with E-state index in [9.17, 15) is 13.2 Å². The normalized spacial score (nSPS) is 14.4. The van der Waals surface area contributed by atoms with E-state index in [1.54, 1.807) is 25.2 Å². The van der Waals surface area contributed by atoms with Crippen LogP contribution in [0.4, 0.5) is 17.3 Å². The monoisotopic (exact) mass is 543 g/mol. The van der Waals surface area contributed by atoms with Gasteiger partial charge < -0.3 is 24.4 Å². The molecule has 4 rings (SSSR count). The van der Waals surface area contributed by atoms with E-state index in [1.807, 2.05) is 36.4 Å². The molecule has 2 N–H and O–H groups in total. The Hall–Kier alpha value is -3.48. The number of anilines is 3. The number of piperidine rings is 1. The Balaban J connectivity index is 1.63. The first-order valence-electron chi connectivity index (χ1n) is 12.3. The van der Waals surface area contributed by atoms with Gasteiger partial charge in [0, 0.05) is 39.1 Å². The van der Waals surface area contributed by atoms with Crippen molar-refractivity contribution in [2.24, 2.45) is 0 Å². The van der Waals surface area contributed by atoms with Crippen LogP contribution in [0.5, 0.6) is 5.75 Å². The molecule has 0 bridgehead atoms. The molecule has 0 unspecified atom stereocenters. The van der Waals surface area contributed by atoms with Crippen LogP contribution in [0.3, 0.4) is 0 Å². The first kappa shape index (κ1) is 27.6. The number of sulfonamides is 1. The van der Waals surface area contributed by atoms with Gasteiger partial charge in [-0.2, -0.15) is 0 Å². The van der Waals surface area contributed by atoms with Crippen LogP contribution in [0.25, 0.3) is 11.0 Å². The Labute approximate surface area is 222 Å². The van der Waals surface area contributed by atoms with Gasteiger partial charge in [-0.25, -0.2) is 18.4 Å². The van der Waals surface area contributed by atoms with Crippen LogP contribution in [0.15, 0.2) is 42.5 Å². The van der Waals surface area contributed by atoms with Gasteiger partial charge in [0.1, 0.15) is 12.4 Å². The van der Waals surface area contributed by atoms with E-state index in [0.29, 0.717) is 61.4 Å². The minimum Gasteiger partial charge on any atom is -0.497 e. The maximum Gasteiger partial charge on any atom is 0.248 e. The third-order valence-corrected chi connectivity index (χ3v) is 8.28. The summed E-state index contributed by atoms with van der Waals surface area (Å²) in [4.78, 5) is 23.0. The van der Waals surface area contributed by atoms with E-state index in [1.165, 1.54) is 7.11 Å². The molecule has 1 aliphatic rings. The van der Waals surface area contributed by atoms with Crippen LogP contribution >= 0.6 is 0 Å². The highest BCUT2D eigenvalue weighted by Crippen LogP contribution is 2.31. The molecule has 204 valence electrons. The Morgan fingerprint density at radius 3 is 2.32 bits per heavy atom. The largest absolute Gasteiger partial charge is 0.497 e. The van der Waals surface area contributed by atoms with Crippen LogP contribution in [0.2, 0.25) is 0 Å². The summed E-state index contributed by atoms with van der Waals surface area (Å²) in [6.07, 6.45) is 1.25. The summed E-state index contributed by atoms with van der Waals surface area (Å²) in [6.45, 7) is 1.17. The summed E-state index contributed by atoms with van der Waals surface area (Å²) < 4.78 is 45.1. The molecule has 3 aromatic rings. The highest BCUT2D eigenvalue weighted by atomic mass is 32.2. The van der Waals surface area contributed by atoms with Crippen molar-refractivity contribution in [3.63, 3.8) is 0 Å². The average Bonchev–Trinajstić information content (AvgIpc) is 2.92. The smallest absolute Gasteiger partial charge is 0.248 e. The molecule has 1 aliphatic heterocycles. The number of nitrogens with zero attached hydrogens (tertiary/aromatic N) is 3. The average molecular weight is 544 g/mol. The van der Waals surface area contributed by atoms with Gasteiger partial charge in [-0.3, -0.25) is 9.52 Å². The molecule has 0 radical (unpaired) electrons. The van der Waals surface area contributed by atoms with E-state index in [4.69, 9.17) is 19.2 Å². The zero-order chi connectivity index (χ0) is 27.1. The standard InChI is InChI=1S/C26H33N5O6S/c1-35-15-12-18-8-9-19(37-3)16-23(18)29-25-26(28-22-7-5-4-6-21(22)27-25)30-38(33,34)20-10-13-31(14-11-20)24(32)17-36-2/h4-9,16,20H,10-15,17H2,1-3H3,(H,27,29)(H,28,30). The lowest BCUT2D eigenvalue weighted by Gasteiger charge is -2.31. The van der Waals surface area contributed by atoms with Crippen LogP contribution < -0.4 is 14.8 Å². The maximum atomic E-state index is 13.4. The molecule has 12 heteroatoms. The highest BCUT2D eigenvalue weighted by Gasteiger charge is 2.32. The number of fused-ring (bicyclic) bond motifs is 1. The van der Waals surface area contributed by atoms with Crippen molar-refractivity contribution in [1.82, 2.24) is 14.9 Å². The molecule has 1 aromatic heterocycles. The van der Waals surface area contributed by atoms with Gasteiger partial charge >= 0.3 is 0 Å². The number of carbonyl (C=O) groups is 1. The van der Waals surface area contributed by atoms with Crippen molar-refractivity contribution in [1.29, 1.82) is 0 Å². The van der Waals surface area contributed by atoms with Crippen molar-refractivity contribution in [3.8, 4) is 5.75 Å². The topological polar surface area (TPSA) is 132 Å². The van der Waals surface area contributed by atoms with Gasteiger partial charge in [0.05, 0.1) is 30.0 Å². The minimum atomic E-state index is -3.82. The Morgan fingerprint density at radius 1 is 1.00 bits per heavy atom. The lowest BCUT2D eigenvalue weighted by molar-refractivity contribution is -0.135. The van der Waals surface area contributed by atoms with E-state index in [0.717, 1.165) is 5.56 Å². The Morgan fingerprint density at radius 2 is 1.68 bits per heavy atom. The fourth-order valence-electron chi connectivity index (χ4n) is 4.36. The number of methoxy groups -OCH3 is 3. The molecule has 38 heavy (non-hydrogen) atoms. The third kappa shape index (κ3) is 6.50. The lowest BCUT2D eigenvalue weighted by Crippen LogP contribution is -2.45. The summed E-state index contributed by atoms with van der Waals surface area (Å²) >= 11 is 0. The molecule has 0 spiro atoms. The van der Waals surface area contributed by atoms with E-state index >= 15 is 0 Å². The fraction of sp³-hybridized carbons (Fsp3) is 0.423. The van der Waals surface area contributed by atoms with Gasteiger partial charge in [-0.1, -0.05) is 18.2 Å². The molecule has 2 heterocycles. The molecule has 0 saturated carbocycles. The maximum absolute atomic E-state index is 13.4. The number of hydrogen-bond donors (Lipinski definition) is 2. The molecule has 11 nitrogen and oxygen atoms in total. The molecule has 1 saturated heterocycles. The summed E-state index contributed by atoms with van der Waals surface area (Å²) in [6, 6.07) is 12.9. The van der Waals surface area contributed by atoms with Crippen molar-refractivity contribution in [2.75, 3.05) is 57.7 Å². The van der Waals surface area contributed by atoms with Crippen molar-refractivity contribution < 1.29 is 27.4 Å². The van der Waals surface area contributed by atoms with Crippen molar-refractivity contribution in [3.05, 3.63) is 48.0 Å². The third-order valence-electron chi connectivity index (χ3n) is 6.46. The summed E-state index contributed by atoms with van der Waals surface area (Å²) in [5.74, 6) is 0.860. The van der Waals surface area contributed by atoms with Gasteiger partial charge in [0.15, 0.2) is 11.6 Å². The Kier molecular flexibility index (Phi) is 8.97. The molecule has 0 aliphatic carbocycles. The predicted molar refractivity (Wildman–Crippen MR) is 145 cm³/mol. The van der Waals surface area contributed by atoms with Crippen molar-refractivity contribution >= 4 is 44.3 Å². The number of para-hydroxylation sites is 2. The van der Waals surface area contributed by atoms with Crippen molar-refractivity contribution in [2.45, 2.75) is 24.5 Å². The summed E-state index contributed by atoms with van der Waals surface area (Å²) in [5.41, 5.74) is 2.83. The van der Waals surface area contributed by atoms with Crippen LogP contribution in [-0.2, 0) is 30.7 Å². The number of aromatic nitrogens is 2. The van der Waals surface area contributed by atoms with E-state index in [2.05, 4.69) is 15.0 Å². The second-order valence-electron chi connectivity index (χ2n) is 8.96. The SMILES string of the molecule is COCCc1ccc(OC)cc1Nc1nc2ccccc2nc1NS(=O)(=O)C1CCN(C(=O)COC)CC1. The second-order valence-corrected chi connectivity index (χ2v) is 10.9. The van der Waals surface area contributed by atoms with Crippen LogP contribution in [0.1, 0.15) is 18.4 Å². The first-order chi connectivity index (χ1) is 18.3. The van der Waals surface area contributed by atoms with Crippen LogP contribution in [0, 0.1) is 0 Å². The number of benzene rings is 2. The van der Waals surface area contributed by atoms with Gasteiger partial charge in [-0.05, 0) is 43.0 Å². The molecular formula is C26H33N5O6S. The van der Waals surface area contributed by atoms with Crippen LogP contribution in [-0.4, -0.2) is 82.1 Å². The molecule has 0 atom stereocenters. The summed E-state index contributed by atoms with van der Waals surface area (Å²) in [7, 11) is 0.851. The number of nitrogens with one attached hydrogen (secondary N) is 2. The number of ether oxygens (including phenoxy) is 3. The Bertz CT molecular complexity index is 1380.